The molecule has 0 radical (unpaired) electrons. The lowest BCUT2D eigenvalue weighted by molar-refractivity contribution is 0.498. The van der Waals surface area contributed by atoms with Crippen LogP contribution in [0, 0.1) is 0 Å². The van der Waals surface area contributed by atoms with Crippen LogP contribution >= 0.6 is 23.1 Å². The van der Waals surface area contributed by atoms with Crippen molar-refractivity contribution in [2.75, 3.05) is 18.6 Å². The number of rotatable bonds is 8. The SMILES string of the molecule is CCCNC(CCSC)Cc1ccsc1. The van der Waals surface area contributed by atoms with Crippen molar-refractivity contribution in [1.82, 2.24) is 5.32 Å². The highest BCUT2D eigenvalue weighted by Gasteiger charge is 2.08. The van der Waals surface area contributed by atoms with Gasteiger partial charge in [0.05, 0.1) is 0 Å². The first-order valence-electron chi connectivity index (χ1n) is 5.60. The highest BCUT2D eigenvalue weighted by atomic mass is 32.2. The molecule has 0 spiro atoms. The second-order valence-electron chi connectivity index (χ2n) is 3.77. The molecule has 15 heavy (non-hydrogen) atoms. The Morgan fingerprint density at radius 1 is 1.53 bits per heavy atom. The molecule has 1 heterocycles. The quantitative estimate of drug-likeness (QED) is 0.751. The molecule has 1 aromatic rings. The summed E-state index contributed by atoms with van der Waals surface area (Å²) in [4.78, 5) is 0. The van der Waals surface area contributed by atoms with Gasteiger partial charge in [0.25, 0.3) is 0 Å². The molecule has 0 aliphatic rings. The Morgan fingerprint density at radius 3 is 3.00 bits per heavy atom. The molecule has 0 aromatic carbocycles. The summed E-state index contributed by atoms with van der Waals surface area (Å²) in [5.74, 6) is 1.26. The lowest BCUT2D eigenvalue weighted by Crippen LogP contribution is -2.32. The van der Waals surface area contributed by atoms with Gasteiger partial charge in [0.2, 0.25) is 0 Å². The Bertz CT molecular complexity index is 226. The van der Waals surface area contributed by atoms with Crippen molar-refractivity contribution in [2.45, 2.75) is 32.2 Å². The van der Waals surface area contributed by atoms with Gasteiger partial charge in [-0.15, -0.1) is 0 Å². The van der Waals surface area contributed by atoms with E-state index < -0.39 is 0 Å². The largest absolute Gasteiger partial charge is 0.314 e. The predicted octanol–water partition coefficient (Wildman–Crippen LogP) is 3.41. The molecule has 1 aromatic heterocycles. The fourth-order valence-corrected chi connectivity index (χ4v) is 2.78. The summed E-state index contributed by atoms with van der Waals surface area (Å²) in [6.07, 6.45) is 5.86. The fraction of sp³-hybridized carbons (Fsp3) is 0.667. The summed E-state index contributed by atoms with van der Waals surface area (Å²) in [5, 5.41) is 8.06. The molecule has 0 aliphatic heterocycles. The summed E-state index contributed by atoms with van der Waals surface area (Å²) in [5.41, 5.74) is 1.48. The van der Waals surface area contributed by atoms with Crippen molar-refractivity contribution < 1.29 is 0 Å². The maximum absolute atomic E-state index is 3.63. The van der Waals surface area contributed by atoms with Crippen LogP contribution in [-0.2, 0) is 6.42 Å². The van der Waals surface area contributed by atoms with Crippen molar-refractivity contribution in [3.05, 3.63) is 22.4 Å². The smallest absolute Gasteiger partial charge is 0.0116 e. The molecular weight excluding hydrogens is 222 g/mol. The Hall–Kier alpha value is 0.01000. The van der Waals surface area contributed by atoms with E-state index in [9.17, 15) is 0 Å². The summed E-state index contributed by atoms with van der Waals surface area (Å²) < 4.78 is 0. The monoisotopic (exact) mass is 243 g/mol. The molecule has 1 atom stereocenters. The van der Waals surface area contributed by atoms with E-state index in [-0.39, 0.29) is 0 Å². The van der Waals surface area contributed by atoms with Gasteiger partial charge < -0.3 is 5.32 Å². The lowest BCUT2D eigenvalue weighted by Gasteiger charge is -2.17. The molecule has 0 saturated carbocycles. The van der Waals surface area contributed by atoms with E-state index in [1.807, 2.05) is 11.8 Å². The Kier molecular flexibility index (Phi) is 7.14. The zero-order chi connectivity index (χ0) is 10.9. The van der Waals surface area contributed by atoms with Crippen LogP contribution in [-0.4, -0.2) is 24.6 Å². The molecule has 0 bridgehead atoms. The topological polar surface area (TPSA) is 12.0 Å². The summed E-state index contributed by atoms with van der Waals surface area (Å²) in [7, 11) is 0. The van der Waals surface area contributed by atoms with Crippen LogP contribution in [0.2, 0.25) is 0 Å². The molecule has 3 heteroatoms. The molecule has 1 unspecified atom stereocenters. The van der Waals surface area contributed by atoms with Crippen LogP contribution < -0.4 is 5.32 Å². The van der Waals surface area contributed by atoms with Gasteiger partial charge >= 0.3 is 0 Å². The maximum Gasteiger partial charge on any atom is 0.0116 e. The van der Waals surface area contributed by atoms with Crippen LogP contribution in [0.5, 0.6) is 0 Å². The van der Waals surface area contributed by atoms with Crippen LogP contribution in [0.15, 0.2) is 16.8 Å². The first-order chi connectivity index (χ1) is 7.36. The van der Waals surface area contributed by atoms with Crippen molar-refractivity contribution in [2.24, 2.45) is 0 Å². The number of thiophene rings is 1. The molecule has 0 saturated heterocycles. The van der Waals surface area contributed by atoms with Gasteiger partial charge in [-0.05, 0) is 60.2 Å². The molecule has 0 fully saturated rings. The van der Waals surface area contributed by atoms with Gasteiger partial charge in [-0.3, -0.25) is 0 Å². The normalized spacial score (nSPS) is 12.9. The molecule has 1 nitrogen and oxygen atoms in total. The van der Waals surface area contributed by atoms with Gasteiger partial charge in [0, 0.05) is 6.04 Å². The predicted molar refractivity (Wildman–Crippen MR) is 73.1 cm³/mol. The molecule has 0 amide bonds. The highest BCUT2D eigenvalue weighted by Crippen LogP contribution is 2.11. The minimum absolute atomic E-state index is 0.659. The third kappa shape index (κ3) is 5.59. The van der Waals surface area contributed by atoms with Crippen LogP contribution in [0.3, 0.4) is 0 Å². The minimum Gasteiger partial charge on any atom is -0.314 e. The van der Waals surface area contributed by atoms with Crippen LogP contribution in [0.1, 0.15) is 25.3 Å². The van der Waals surface area contributed by atoms with Crippen molar-refractivity contribution in [3.8, 4) is 0 Å². The molecule has 86 valence electrons. The van der Waals surface area contributed by atoms with Gasteiger partial charge in [-0.25, -0.2) is 0 Å². The second-order valence-corrected chi connectivity index (χ2v) is 5.53. The molecule has 1 rings (SSSR count). The van der Waals surface area contributed by atoms with E-state index in [4.69, 9.17) is 0 Å². The Morgan fingerprint density at radius 2 is 2.40 bits per heavy atom. The highest BCUT2D eigenvalue weighted by molar-refractivity contribution is 7.98. The molecule has 0 aliphatic carbocycles. The second kappa shape index (κ2) is 8.20. The van der Waals surface area contributed by atoms with Gasteiger partial charge in [-0.2, -0.15) is 23.1 Å². The van der Waals surface area contributed by atoms with E-state index in [1.165, 1.54) is 30.6 Å². The zero-order valence-electron chi connectivity index (χ0n) is 9.66. The average Bonchev–Trinajstić information content (AvgIpc) is 2.74. The van der Waals surface area contributed by atoms with Gasteiger partial charge in [-0.1, -0.05) is 6.92 Å². The first-order valence-corrected chi connectivity index (χ1v) is 7.94. The maximum atomic E-state index is 3.63. The number of hydrogen-bond donors (Lipinski definition) is 1. The summed E-state index contributed by atoms with van der Waals surface area (Å²) in [6, 6.07) is 2.90. The van der Waals surface area contributed by atoms with E-state index in [0.717, 1.165) is 6.54 Å². The van der Waals surface area contributed by atoms with Crippen molar-refractivity contribution in [1.29, 1.82) is 0 Å². The lowest BCUT2D eigenvalue weighted by atomic mass is 10.1. The minimum atomic E-state index is 0.659. The fourth-order valence-electron chi connectivity index (χ4n) is 1.58. The number of hydrogen-bond acceptors (Lipinski definition) is 3. The van der Waals surface area contributed by atoms with E-state index in [1.54, 1.807) is 11.3 Å². The van der Waals surface area contributed by atoms with Crippen molar-refractivity contribution >= 4 is 23.1 Å². The summed E-state index contributed by atoms with van der Waals surface area (Å²) in [6.45, 7) is 3.37. The number of thioether (sulfide) groups is 1. The van der Waals surface area contributed by atoms with E-state index in [2.05, 4.69) is 35.3 Å². The van der Waals surface area contributed by atoms with E-state index in [0.29, 0.717) is 6.04 Å². The summed E-state index contributed by atoms with van der Waals surface area (Å²) >= 11 is 3.73. The zero-order valence-corrected chi connectivity index (χ0v) is 11.3. The Balaban J connectivity index is 2.33. The Labute approximate surface area is 102 Å². The van der Waals surface area contributed by atoms with Gasteiger partial charge in [0.15, 0.2) is 0 Å². The molecule has 1 N–H and O–H groups in total. The van der Waals surface area contributed by atoms with E-state index >= 15 is 0 Å². The third-order valence-electron chi connectivity index (χ3n) is 2.42. The van der Waals surface area contributed by atoms with Crippen LogP contribution in [0.25, 0.3) is 0 Å². The average molecular weight is 243 g/mol. The first kappa shape index (κ1) is 13.1. The van der Waals surface area contributed by atoms with Crippen molar-refractivity contribution in [3.63, 3.8) is 0 Å². The van der Waals surface area contributed by atoms with Crippen LogP contribution in [0.4, 0.5) is 0 Å². The molecular formula is C12H21NS2. The van der Waals surface area contributed by atoms with Gasteiger partial charge in [0.1, 0.15) is 0 Å². The standard InChI is InChI=1S/C12H21NS2/c1-3-6-13-12(5-7-14-2)9-11-4-8-15-10-11/h4,8,10,12-13H,3,5-7,9H2,1-2H3. The third-order valence-corrected chi connectivity index (χ3v) is 3.79. The number of nitrogens with one attached hydrogen (secondary N) is 1.